The number of fused-ring (bicyclic) bond motifs is 1. The topological polar surface area (TPSA) is 55.1 Å². The van der Waals surface area contributed by atoms with E-state index in [2.05, 4.69) is 5.32 Å². The molecule has 3 rings (SSSR count). The lowest BCUT2D eigenvalue weighted by Crippen LogP contribution is -2.14. The van der Waals surface area contributed by atoms with E-state index >= 15 is 0 Å². The second-order valence-electron chi connectivity index (χ2n) is 5.07. The predicted molar refractivity (Wildman–Crippen MR) is 90.1 cm³/mol. The Kier molecular flexibility index (Phi) is 3.39. The fraction of sp³-hybridized carbons (Fsp3) is 0.118. The molecule has 106 valence electrons. The van der Waals surface area contributed by atoms with Gasteiger partial charge in [-0.25, -0.2) is 0 Å². The zero-order valence-electron chi connectivity index (χ0n) is 11.9. The molecule has 3 N–H and O–H groups in total. The second kappa shape index (κ2) is 5.22. The van der Waals surface area contributed by atoms with Crippen LogP contribution < -0.4 is 11.1 Å². The smallest absolute Gasteiger partial charge is 0.257 e. The van der Waals surface area contributed by atoms with E-state index in [1.54, 1.807) is 11.3 Å². The summed E-state index contributed by atoms with van der Waals surface area (Å²) in [5.41, 5.74) is 10.0. The van der Waals surface area contributed by atoms with Crippen LogP contribution in [0.5, 0.6) is 0 Å². The van der Waals surface area contributed by atoms with Gasteiger partial charge in [-0.15, -0.1) is 11.3 Å². The first-order valence-corrected chi connectivity index (χ1v) is 7.59. The highest BCUT2D eigenvalue weighted by Crippen LogP contribution is 2.29. The minimum Gasteiger partial charge on any atom is -0.398 e. The van der Waals surface area contributed by atoms with Crippen molar-refractivity contribution in [3.8, 4) is 0 Å². The molecule has 0 saturated heterocycles. The summed E-state index contributed by atoms with van der Waals surface area (Å²) in [6.45, 7) is 3.89. The summed E-state index contributed by atoms with van der Waals surface area (Å²) in [6.07, 6.45) is 0. The number of anilines is 2. The Labute approximate surface area is 127 Å². The Morgan fingerprint density at radius 3 is 2.71 bits per heavy atom. The largest absolute Gasteiger partial charge is 0.398 e. The van der Waals surface area contributed by atoms with E-state index in [9.17, 15) is 4.79 Å². The number of amides is 1. The number of rotatable bonds is 2. The number of carbonyl (C=O) groups excluding carboxylic acids is 1. The Hall–Kier alpha value is -2.33. The molecule has 0 bridgehead atoms. The maximum atomic E-state index is 12.6. The van der Waals surface area contributed by atoms with Gasteiger partial charge in [0.25, 0.3) is 5.91 Å². The summed E-state index contributed by atoms with van der Waals surface area (Å²) < 4.78 is 1.11. The number of aryl methyl sites for hydroxylation is 1. The molecule has 0 aliphatic heterocycles. The second-order valence-corrected chi connectivity index (χ2v) is 5.98. The van der Waals surface area contributed by atoms with Crippen molar-refractivity contribution >= 4 is 38.7 Å². The highest BCUT2D eigenvalue weighted by atomic mass is 32.1. The number of nitrogens with two attached hydrogens (primary N) is 1. The van der Waals surface area contributed by atoms with Gasteiger partial charge < -0.3 is 11.1 Å². The van der Waals surface area contributed by atoms with E-state index in [0.29, 0.717) is 11.3 Å². The first-order valence-electron chi connectivity index (χ1n) is 6.71. The lowest BCUT2D eigenvalue weighted by molar-refractivity contribution is 0.102. The molecular weight excluding hydrogens is 280 g/mol. The van der Waals surface area contributed by atoms with Crippen molar-refractivity contribution in [2.24, 2.45) is 0 Å². The molecule has 1 heterocycles. The fourth-order valence-corrected chi connectivity index (χ4v) is 3.33. The molecule has 0 fully saturated rings. The summed E-state index contributed by atoms with van der Waals surface area (Å²) >= 11 is 1.58. The molecular formula is C17H16N2OS. The SMILES string of the molecule is Cc1ccc(N)c(C)c1NC(=O)c1csc2ccccc12. The Balaban J connectivity index is 1.99. The minimum absolute atomic E-state index is 0.0933. The number of thiophene rings is 1. The van der Waals surface area contributed by atoms with Crippen molar-refractivity contribution in [3.05, 3.63) is 58.5 Å². The van der Waals surface area contributed by atoms with Crippen LogP contribution >= 0.6 is 11.3 Å². The van der Waals surface area contributed by atoms with Gasteiger partial charge in [-0.2, -0.15) is 0 Å². The molecule has 0 saturated carbocycles. The van der Waals surface area contributed by atoms with Crippen molar-refractivity contribution in [3.63, 3.8) is 0 Å². The summed E-state index contributed by atoms with van der Waals surface area (Å²) in [5, 5.41) is 5.89. The van der Waals surface area contributed by atoms with Crippen molar-refractivity contribution in [2.75, 3.05) is 11.1 Å². The minimum atomic E-state index is -0.0933. The van der Waals surface area contributed by atoms with E-state index < -0.39 is 0 Å². The van der Waals surface area contributed by atoms with Gasteiger partial charge in [0.1, 0.15) is 0 Å². The highest BCUT2D eigenvalue weighted by Gasteiger charge is 2.14. The van der Waals surface area contributed by atoms with E-state index in [-0.39, 0.29) is 5.91 Å². The molecule has 1 amide bonds. The number of nitrogens with one attached hydrogen (secondary N) is 1. The molecule has 0 atom stereocenters. The standard InChI is InChI=1S/C17H16N2OS/c1-10-7-8-14(18)11(2)16(10)19-17(20)13-9-21-15-6-4-3-5-12(13)15/h3-9H,18H2,1-2H3,(H,19,20). The van der Waals surface area contributed by atoms with Crippen LogP contribution in [0.3, 0.4) is 0 Å². The molecule has 0 aliphatic carbocycles. The molecule has 2 aromatic carbocycles. The van der Waals surface area contributed by atoms with Crippen LogP contribution in [0.1, 0.15) is 21.5 Å². The van der Waals surface area contributed by atoms with E-state index in [1.165, 1.54) is 0 Å². The van der Waals surface area contributed by atoms with E-state index in [4.69, 9.17) is 5.73 Å². The molecule has 3 aromatic rings. The van der Waals surface area contributed by atoms with Gasteiger partial charge in [-0.3, -0.25) is 4.79 Å². The maximum absolute atomic E-state index is 12.6. The number of hydrogen-bond donors (Lipinski definition) is 2. The normalized spacial score (nSPS) is 10.8. The van der Waals surface area contributed by atoms with Gasteiger partial charge in [-0.1, -0.05) is 24.3 Å². The van der Waals surface area contributed by atoms with Gasteiger partial charge in [0.2, 0.25) is 0 Å². The third-order valence-corrected chi connectivity index (χ3v) is 4.64. The molecule has 3 nitrogen and oxygen atoms in total. The van der Waals surface area contributed by atoms with Crippen molar-refractivity contribution in [1.29, 1.82) is 0 Å². The van der Waals surface area contributed by atoms with Gasteiger partial charge in [-0.05, 0) is 37.1 Å². The monoisotopic (exact) mass is 296 g/mol. The number of benzene rings is 2. The van der Waals surface area contributed by atoms with Crippen LogP contribution in [0.15, 0.2) is 41.8 Å². The third kappa shape index (κ3) is 2.38. The van der Waals surface area contributed by atoms with Crippen LogP contribution in [0, 0.1) is 13.8 Å². The van der Waals surface area contributed by atoms with Gasteiger partial charge in [0.05, 0.1) is 5.56 Å². The zero-order valence-corrected chi connectivity index (χ0v) is 12.8. The van der Waals surface area contributed by atoms with Crippen molar-refractivity contribution < 1.29 is 4.79 Å². The first kappa shape index (κ1) is 13.6. The molecule has 0 radical (unpaired) electrons. The van der Waals surface area contributed by atoms with Gasteiger partial charge in [0.15, 0.2) is 0 Å². The maximum Gasteiger partial charge on any atom is 0.257 e. The van der Waals surface area contributed by atoms with Crippen LogP contribution in [-0.2, 0) is 0 Å². The molecule has 0 aliphatic rings. The molecule has 1 aromatic heterocycles. The Morgan fingerprint density at radius 1 is 1.14 bits per heavy atom. The van der Waals surface area contributed by atoms with Crippen molar-refractivity contribution in [2.45, 2.75) is 13.8 Å². The zero-order chi connectivity index (χ0) is 15.0. The predicted octanol–water partition coefficient (Wildman–Crippen LogP) is 4.35. The molecule has 21 heavy (non-hydrogen) atoms. The first-order chi connectivity index (χ1) is 10.1. The number of nitrogen functional groups attached to an aromatic ring is 1. The van der Waals surface area contributed by atoms with Crippen molar-refractivity contribution in [1.82, 2.24) is 0 Å². The van der Waals surface area contributed by atoms with E-state index in [0.717, 1.165) is 26.9 Å². The van der Waals surface area contributed by atoms with Crippen LogP contribution in [-0.4, -0.2) is 5.91 Å². The summed E-state index contributed by atoms with van der Waals surface area (Å²) in [7, 11) is 0. The summed E-state index contributed by atoms with van der Waals surface area (Å²) in [4.78, 5) is 12.6. The fourth-order valence-electron chi connectivity index (χ4n) is 2.39. The quantitative estimate of drug-likeness (QED) is 0.691. The lowest BCUT2D eigenvalue weighted by Gasteiger charge is -2.13. The Morgan fingerprint density at radius 2 is 1.90 bits per heavy atom. The molecule has 4 heteroatoms. The molecule has 0 unspecified atom stereocenters. The lowest BCUT2D eigenvalue weighted by atomic mass is 10.1. The van der Waals surface area contributed by atoms with Gasteiger partial charge >= 0.3 is 0 Å². The third-order valence-electron chi connectivity index (χ3n) is 3.68. The average molecular weight is 296 g/mol. The average Bonchev–Trinajstić information content (AvgIpc) is 2.91. The number of hydrogen-bond acceptors (Lipinski definition) is 3. The number of carbonyl (C=O) groups is 1. The Bertz CT molecular complexity index is 836. The highest BCUT2D eigenvalue weighted by molar-refractivity contribution is 7.17. The molecule has 0 spiro atoms. The van der Waals surface area contributed by atoms with Crippen LogP contribution in [0.25, 0.3) is 10.1 Å². The van der Waals surface area contributed by atoms with Crippen LogP contribution in [0.4, 0.5) is 11.4 Å². The summed E-state index contributed by atoms with van der Waals surface area (Å²) in [6, 6.07) is 11.7. The van der Waals surface area contributed by atoms with Crippen LogP contribution in [0.2, 0.25) is 0 Å². The van der Waals surface area contributed by atoms with Gasteiger partial charge in [0, 0.05) is 26.8 Å². The van der Waals surface area contributed by atoms with E-state index in [1.807, 2.05) is 55.6 Å². The summed E-state index contributed by atoms with van der Waals surface area (Å²) in [5.74, 6) is -0.0933.